The largest absolute Gasteiger partial charge is 0.311 e. The molecule has 2 aromatic rings. The summed E-state index contributed by atoms with van der Waals surface area (Å²) in [5.41, 5.74) is 1.35. The van der Waals surface area contributed by atoms with E-state index in [2.05, 4.69) is 15.9 Å². The van der Waals surface area contributed by atoms with Crippen molar-refractivity contribution in [1.29, 1.82) is 0 Å². The second kappa shape index (κ2) is 4.84. The van der Waals surface area contributed by atoms with Crippen molar-refractivity contribution in [3.8, 4) is 0 Å². The summed E-state index contributed by atoms with van der Waals surface area (Å²) in [6.45, 7) is 2.15. The molecule has 1 heterocycles. The minimum atomic E-state index is -0.312. The zero-order chi connectivity index (χ0) is 12.4. The predicted molar refractivity (Wildman–Crippen MR) is 68.6 cm³/mol. The lowest BCUT2D eigenvalue weighted by molar-refractivity contribution is 0.595. The van der Waals surface area contributed by atoms with E-state index in [4.69, 9.17) is 0 Å². The molecule has 0 atom stereocenters. The van der Waals surface area contributed by atoms with Gasteiger partial charge in [-0.25, -0.2) is 4.39 Å². The average molecular weight is 296 g/mol. The van der Waals surface area contributed by atoms with E-state index in [9.17, 15) is 9.18 Å². The van der Waals surface area contributed by atoms with Crippen molar-refractivity contribution in [3.05, 3.63) is 68.3 Å². The quantitative estimate of drug-likeness (QED) is 0.834. The first kappa shape index (κ1) is 12.0. The summed E-state index contributed by atoms with van der Waals surface area (Å²) < 4.78 is 15.8. The smallest absolute Gasteiger partial charge is 0.250 e. The van der Waals surface area contributed by atoms with E-state index in [0.29, 0.717) is 10.0 Å². The van der Waals surface area contributed by atoms with Crippen LogP contribution in [0.5, 0.6) is 0 Å². The molecule has 0 spiro atoms. The van der Waals surface area contributed by atoms with Gasteiger partial charge in [0.25, 0.3) is 5.56 Å². The second-order valence-electron chi connectivity index (χ2n) is 3.91. The van der Waals surface area contributed by atoms with Crippen LogP contribution in [-0.4, -0.2) is 4.57 Å². The molecule has 2 rings (SSSR count). The third kappa shape index (κ3) is 2.82. The molecule has 0 N–H and O–H groups in total. The topological polar surface area (TPSA) is 22.0 Å². The number of aryl methyl sites for hydroxylation is 1. The minimum Gasteiger partial charge on any atom is -0.311 e. The predicted octanol–water partition coefficient (Wildman–Crippen LogP) is 3.11. The van der Waals surface area contributed by atoms with Crippen LogP contribution < -0.4 is 5.56 Å². The van der Waals surface area contributed by atoms with Gasteiger partial charge in [0.2, 0.25) is 0 Å². The van der Waals surface area contributed by atoms with Gasteiger partial charge in [-0.3, -0.25) is 4.79 Å². The second-order valence-corrected chi connectivity index (χ2v) is 4.82. The maximum absolute atomic E-state index is 13.6. The Labute approximate surface area is 107 Å². The number of aromatic nitrogens is 1. The van der Waals surface area contributed by atoms with Gasteiger partial charge in [0, 0.05) is 22.3 Å². The van der Waals surface area contributed by atoms with Crippen molar-refractivity contribution in [2.24, 2.45) is 0 Å². The summed E-state index contributed by atoms with van der Waals surface area (Å²) in [5, 5.41) is 0. The van der Waals surface area contributed by atoms with Gasteiger partial charge in [-0.05, 0) is 24.6 Å². The normalized spacial score (nSPS) is 10.5. The molecule has 17 heavy (non-hydrogen) atoms. The highest BCUT2D eigenvalue weighted by Crippen LogP contribution is 2.15. The van der Waals surface area contributed by atoms with Crippen LogP contribution >= 0.6 is 15.9 Å². The highest BCUT2D eigenvalue weighted by molar-refractivity contribution is 9.10. The monoisotopic (exact) mass is 295 g/mol. The number of rotatable bonds is 2. The molecule has 2 nitrogen and oxygen atoms in total. The molecule has 1 aromatic carbocycles. The lowest BCUT2D eigenvalue weighted by Gasteiger charge is -2.07. The van der Waals surface area contributed by atoms with Crippen LogP contribution in [0.15, 0.2) is 45.8 Å². The van der Waals surface area contributed by atoms with Gasteiger partial charge in [-0.1, -0.05) is 28.1 Å². The van der Waals surface area contributed by atoms with Crippen molar-refractivity contribution >= 4 is 15.9 Å². The number of halogens is 2. The number of pyridine rings is 1. The molecule has 0 aliphatic carbocycles. The van der Waals surface area contributed by atoms with Crippen LogP contribution in [0, 0.1) is 12.7 Å². The Morgan fingerprint density at radius 1 is 1.29 bits per heavy atom. The molecule has 0 fully saturated rings. The summed E-state index contributed by atoms with van der Waals surface area (Å²) in [6.07, 6.45) is 1.73. The fourth-order valence-corrected chi connectivity index (χ4v) is 1.94. The molecule has 0 aliphatic heterocycles. The fraction of sp³-hybridized carbons (Fsp3) is 0.154. The Balaban J connectivity index is 2.38. The van der Waals surface area contributed by atoms with E-state index in [1.54, 1.807) is 24.4 Å². The molecule has 0 saturated heterocycles. The zero-order valence-corrected chi connectivity index (χ0v) is 10.9. The summed E-state index contributed by atoms with van der Waals surface area (Å²) >= 11 is 3.20. The molecular weight excluding hydrogens is 285 g/mol. The van der Waals surface area contributed by atoms with E-state index >= 15 is 0 Å². The van der Waals surface area contributed by atoms with Crippen LogP contribution in [0.1, 0.15) is 11.1 Å². The van der Waals surface area contributed by atoms with Gasteiger partial charge in [-0.15, -0.1) is 0 Å². The van der Waals surface area contributed by atoms with Crippen molar-refractivity contribution in [2.45, 2.75) is 13.5 Å². The molecule has 4 heteroatoms. The highest BCUT2D eigenvalue weighted by Gasteiger charge is 2.04. The molecule has 0 bridgehead atoms. The number of nitrogens with zero attached hydrogens (tertiary/aromatic N) is 1. The first-order valence-electron chi connectivity index (χ1n) is 5.17. The minimum absolute atomic E-state index is 0.127. The maximum Gasteiger partial charge on any atom is 0.250 e. The van der Waals surface area contributed by atoms with E-state index in [-0.39, 0.29) is 17.9 Å². The van der Waals surface area contributed by atoms with Gasteiger partial charge in [0.1, 0.15) is 5.82 Å². The Morgan fingerprint density at radius 3 is 2.76 bits per heavy atom. The van der Waals surface area contributed by atoms with Crippen molar-refractivity contribution < 1.29 is 4.39 Å². The standard InChI is InChI=1S/C13H11BrFNO/c1-9-2-5-13(17)16(7-9)8-10-3-4-11(14)6-12(10)15/h2-7H,8H2,1H3. The zero-order valence-electron chi connectivity index (χ0n) is 9.28. The first-order chi connectivity index (χ1) is 8.06. The van der Waals surface area contributed by atoms with Crippen molar-refractivity contribution in [2.75, 3.05) is 0 Å². The third-order valence-electron chi connectivity index (χ3n) is 2.49. The molecule has 0 unspecified atom stereocenters. The average Bonchev–Trinajstić information content (AvgIpc) is 2.27. The van der Waals surface area contributed by atoms with Gasteiger partial charge in [0.05, 0.1) is 6.54 Å². The van der Waals surface area contributed by atoms with Crippen molar-refractivity contribution in [3.63, 3.8) is 0 Å². The van der Waals surface area contributed by atoms with Gasteiger partial charge < -0.3 is 4.57 Å². The van der Waals surface area contributed by atoms with Crippen LogP contribution in [0.2, 0.25) is 0 Å². The molecule has 0 saturated carbocycles. The molecular formula is C13H11BrFNO. The van der Waals surface area contributed by atoms with Gasteiger partial charge >= 0.3 is 0 Å². The highest BCUT2D eigenvalue weighted by atomic mass is 79.9. The van der Waals surface area contributed by atoms with Crippen LogP contribution in [0.25, 0.3) is 0 Å². The number of hydrogen-bond donors (Lipinski definition) is 0. The van der Waals surface area contributed by atoms with E-state index in [1.807, 2.05) is 6.92 Å². The SMILES string of the molecule is Cc1ccc(=O)n(Cc2ccc(Br)cc2F)c1. The van der Waals surface area contributed by atoms with E-state index < -0.39 is 0 Å². The van der Waals surface area contributed by atoms with Crippen LogP contribution in [0.3, 0.4) is 0 Å². The summed E-state index contributed by atoms with van der Waals surface area (Å²) in [4.78, 5) is 11.6. The van der Waals surface area contributed by atoms with Gasteiger partial charge in [-0.2, -0.15) is 0 Å². The molecule has 1 aromatic heterocycles. The molecule has 0 amide bonds. The van der Waals surface area contributed by atoms with E-state index in [0.717, 1.165) is 5.56 Å². The van der Waals surface area contributed by atoms with Crippen LogP contribution in [0.4, 0.5) is 4.39 Å². The Morgan fingerprint density at radius 2 is 2.06 bits per heavy atom. The lowest BCUT2D eigenvalue weighted by atomic mass is 10.2. The van der Waals surface area contributed by atoms with Crippen LogP contribution in [-0.2, 0) is 6.54 Å². The first-order valence-corrected chi connectivity index (χ1v) is 5.96. The molecule has 0 aliphatic rings. The third-order valence-corrected chi connectivity index (χ3v) is 2.98. The Hall–Kier alpha value is -1.42. The lowest BCUT2D eigenvalue weighted by Crippen LogP contribution is -2.19. The summed E-state index contributed by atoms with van der Waals surface area (Å²) in [6, 6.07) is 8.08. The van der Waals surface area contributed by atoms with Crippen molar-refractivity contribution in [1.82, 2.24) is 4.57 Å². The van der Waals surface area contributed by atoms with E-state index in [1.165, 1.54) is 16.7 Å². The van der Waals surface area contributed by atoms with Gasteiger partial charge in [0.15, 0.2) is 0 Å². The number of benzene rings is 1. The Kier molecular flexibility index (Phi) is 3.43. The molecule has 0 radical (unpaired) electrons. The summed E-state index contributed by atoms with van der Waals surface area (Å²) in [7, 11) is 0. The Bertz CT molecular complexity index is 607. The number of hydrogen-bond acceptors (Lipinski definition) is 1. The molecule has 88 valence electrons. The maximum atomic E-state index is 13.6. The summed E-state index contributed by atoms with van der Waals surface area (Å²) in [5.74, 6) is -0.312. The fourth-order valence-electron chi connectivity index (χ4n) is 1.61.